The van der Waals surface area contributed by atoms with E-state index in [1.54, 1.807) is 0 Å². The summed E-state index contributed by atoms with van der Waals surface area (Å²) in [6.07, 6.45) is 8.76. The van der Waals surface area contributed by atoms with Crippen molar-refractivity contribution in [3.63, 3.8) is 0 Å². The minimum Gasteiger partial charge on any atom is 2.00 e. The predicted molar refractivity (Wildman–Crippen MR) is 86.4 cm³/mol. The first kappa shape index (κ1) is 31.2. The van der Waals surface area contributed by atoms with Crippen molar-refractivity contribution in [2.45, 2.75) is 25.7 Å². The van der Waals surface area contributed by atoms with Crippen molar-refractivity contribution in [3.8, 4) is 0 Å². The number of allylic oxidation sites excluding steroid dienone is 4. The van der Waals surface area contributed by atoms with Crippen LogP contribution >= 0.6 is 0 Å². The zero-order valence-corrected chi connectivity index (χ0v) is 20.8. The van der Waals surface area contributed by atoms with Crippen molar-refractivity contribution < 1.29 is 50.8 Å². The average Bonchev–Trinajstić information content (AvgIpc) is 2.84. The van der Waals surface area contributed by atoms with Gasteiger partial charge < -0.3 is 0 Å². The Balaban J connectivity index is 0. The van der Waals surface area contributed by atoms with E-state index in [4.69, 9.17) is 0 Å². The number of hydrogen-bond donors (Lipinski definition) is 0. The topological polar surface area (TPSA) is 0 Å². The van der Waals surface area contributed by atoms with Crippen LogP contribution in [0.3, 0.4) is 0 Å². The molecule has 0 amide bonds. The van der Waals surface area contributed by atoms with Gasteiger partial charge >= 0.3 is 89.8 Å². The van der Waals surface area contributed by atoms with Gasteiger partial charge in [-0.2, -0.15) is 0 Å². The van der Waals surface area contributed by atoms with Crippen molar-refractivity contribution in [2.75, 3.05) is 0 Å². The summed E-state index contributed by atoms with van der Waals surface area (Å²) in [7, 11) is 0. The Kier molecular flexibility index (Phi) is 8.79. The Hall–Kier alpha value is 0.0158. The van der Waals surface area contributed by atoms with E-state index in [-0.39, 0.29) is 17.1 Å². The molecule has 0 heterocycles. The van der Waals surface area contributed by atoms with E-state index in [1.165, 1.54) is 11.1 Å². The van der Waals surface area contributed by atoms with Gasteiger partial charge in [-0.05, 0) is 17.0 Å². The van der Waals surface area contributed by atoms with Gasteiger partial charge in [0.1, 0.15) is 0 Å². The molecule has 0 aromatic heterocycles. The largest absolute Gasteiger partial charge is 2.00 e. The van der Waals surface area contributed by atoms with Crippen molar-refractivity contribution in [1.29, 1.82) is 0 Å². The van der Waals surface area contributed by atoms with Crippen LogP contribution in [0.15, 0.2) is 48.6 Å². The van der Waals surface area contributed by atoms with Crippen LogP contribution in [-0.4, -0.2) is 39.0 Å². The van der Waals surface area contributed by atoms with Gasteiger partial charge in [0, 0.05) is 5.92 Å². The molecule has 0 fully saturated rings. The maximum Gasteiger partial charge on any atom is 2.00 e. The molecule has 1 aromatic carbocycles. The van der Waals surface area contributed by atoms with Crippen LogP contribution in [-0.2, 0) is 17.1 Å². The van der Waals surface area contributed by atoms with Gasteiger partial charge in [-0.25, -0.2) is 0 Å². The summed E-state index contributed by atoms with van der Waals surface area (Å²) in [4.78, 5) is 0. The van der Waals surface area contributed by atoms with Crippen molar-refractivity contribution >= 4 is 39.0 Å². The summed E-state index contributed by atoms with van der Waals surface area (Å²) >= 11 is -22.5. The van der Waals surface area contributed by atoms with Gasteiger partial charge in [-0.15, -0.1) is 0 Å². The molecule has 1 aliphatic carbocycles. The third-order valence-corrected chi connectivity index (χ3v) is 2.73. The standard InChI is InChI=1S/C14H16.12FH.Fe.2Sb/c1-11(2)13-9-5-6-10-14(13)12-7-3-4-8-12;;;;;;;;;;;;;;;/h3-12H,1-2H3;12*1H;;;/q;;;;;;;;;;;;;+2;2*+5/p-12. The van der Waals surface area contributed by atoms with E-state index < -0.39 is 39.0 Å². The van der Waals surface area contributed by atoms with Gasteiger partial charge in [-0.1, -0.05) is 62.4 Å². The Labute approximate surface area is 174 Å². The van der Waals surface area contributed by atoms with E-state index >= 15 is 0 Å². The molecule has 2 rings (SSSR count). The quantitative estimate of drug-likeness (QED) is 0.214. The van der Waals surface area contributed by atoms with Gasteiger partial charge in [0.05, 0.1) is 0 Å². The molecule has 0 saturated heterocycles. The molecule has 0 bridgehead atoms. The fourth-order valence-electron chi connectivity index (χ4n) is 1.98. The maximum atomic E-state index is 9.93. The second-order valence-electron chi connectivity index (χ2n) is 6.00. The summed E-state index contributed by atoms with van der Waals surface area (Å²) in [6.45, 7) is 4.50. The van der Waals surface area contributed by atoms with E-state index in [0.717, 1.165) is 0 Å². The second kappa shape index (κ2) is 8.17. The van der Waals surface area contributed by atoms with E-state index in [0.29, 0.717) is 11.8 Å². The van der Waals surface area contributed by atoms with E-state index in [1.807, 2.05) is 0 Å². The third-order valence-electron chi connectivity index (χ3n) is 2.73. The van der Waals surface area contributed by atoms with Crippen LogP contribution in [0, 0.1) is 0 Å². The molecule has 0 aliphatic heterocycles. The van der Waals surface area contributed by atoms with E-state index in [9.17, 15) is 33.8 Å². The molecule has 0 radical (unpaired) electrons. The zero-order valence-electron chi connectivity index (χ0n) is 14.6. The summed E-state index contributed by atoms with van der Waals surface area (Å²) in [5.41, 5.74) is 2.92. The SMILES string of the molecule is CC(C)c1ccccc1C1C=CC=C1.[F][Sb-]([F])([F])([F])([F])[F].[F][Sb-]([F])([F])([F])([F])[F].[Fe+2]. The predicted octanol–water partition coefficient (Wildman–Crippen LogP) is 8.30. The fourth-order valence-corrected chi connectivity index (χ4v) is 1.98. The van der Waals surface area contributed by atoms with E-state index in [2.05, 4.69) is 62.4 Å². The monoisotopic (exact) mass is 710 g/mol. The molecule has 1 aromatic rings. The van der Waals surface area contributed by atoms with Crippen molar-refractivity contribution in [2.24, 2.45) is 0 Å². The molecular formula is C14H16F12FeSb2. The molecular weight excluding hydrogens is 695 g/mol. The molecule has 174 valence electrons. The summed E-state index contributed by atoms with van der Waals surface area (Å²) in [5, 5.41) is 0. The summed E-state index contributed by atoms with van der Waals surface area (Å²) in [6, 6.07) is 8.72. The van der Waals surface area contributed by atoms with Crippen LogP contribution in [0.1, 0.15) is 36.8 Å². The molecule has 0 N–H and O–H groups in total. The number of rotatable bonds is 2. The molecule has 0 unspecified atom stereocenters. The Morgan fingerprint density at radius 2 is 0.966 bits per heavy atom. The Morgan fingerprint density at radius 3 is 1.28 bits per heavy atom. The third kappa shape index (κ3) is 28.0. The molecule has 1 aliphatic rings. The smallest absolute Gasteiger partial charge is 2.00 e. The first-order chi connectivity index (χ1) is 11.7. The first-order valence-electron chi connectivity index (χ1n) is 7.25. The molecule has 0 saturated carbocycles. The summed E-state index contributed by atoms with van der Waals surface area (Å²) in [5.74, 6) is 1.10. The van der Waals surface area contributed by atoms with Crippen LogP contribution < -0.4 is 0 Å². The molecule has 15 heteroatoms. The minimum absolute atomic E-state index is 0. The minimum atomic E-state index is -11.2. The number of halogens is 12. The number of hydrogen-bond acceptors (Lipinski definition) is 0. The van der Waals surface area contributed by atoms with Crippen molar-refractivity contribution in [3.05, 3.63) is 59.7 Å². The fraction of sp³-hybridized carbons (Fsp3) is 0.286. The zero-order chi connectivity index (χ0) is 22.8. The Bertz CT molecular complexity index is 681. The molecule has 0 atom stereocenters. The van der Waals surface area contributed by atoms with Gasteiger partial charge in [0.15, 0.2) is 0 Å². The van der Waals surface area contributed by atoms with Gasteiger partial charge in [-0.3, -0.25) is 0 Å². The first-order valence-corrected chi connectivity index (χ1v) is 18.8. The number of benzene rings is 1. The maximum absolute atomic E-state index is 11.2. The summed E-state index contributed by atoms with van der Waals surface area (Å²) < 4.78 is 119. The van der Waals surface area contributed by atoms with Gasteiger partial charge in [0.2, 0.25) is 0 Å². The van der Waals surface area contributed by atoms with Crippen LogP contribution in [0.2, 0.25) is 0 Å². The van der Waals surface area contributed by atoms with Crippen molar-refractivity contribution in [1.82, 2.24) is 0 Å². The molecule has 29 heavy (non-hydrogen) atoms. The van der Waals surface area contributed by atoms with Crippen LogP contribution in [0.5, 0.6) is 0 Å². The average molecular weight is 712 g/mol. The Morgan fingerprint density at radius 1 is 0.655 bits per heavy atom. The van der Waals surface area contributed by atoms with Gasteiger partial charge in [0.25, 0.3) is 0 Å². The molecule has 0 spiro atoms. The second-order valence-corrected chi connectivity index (χ2v) is 16.9. The molecule has 0 nitrogen and oxygen atoms in total. The normalized spacial score (nSPS) is 18.7. The van der Waals surface area contributed by atoms with Crippen LogP contribution in [0.4, 0.5) is 33.8 Å². The van der Waals surface area contributed by atoms with Crippen LogP contribution in [0.25, 0.3) is 0 Å².